The third-order valence-corrected chi connectivity index (χ3v) is 7.18. The number of sulfone groups is 2. The number of nitrogens with zero attached hydrogens (tertiary/aromatic N) is 2. The van der Waals surface area contributed by atoms with Crippen molar-refractivity contribution in [2.75, 3.05) is 43.9 Å². The number of hydrogen-bond donors (Lipinski definition) is 1. The van der Waals surface area contributed by atoms with E-state index in [0.717, 1.165) is 0 Å². The van der Waals surface area contributed by atoms with Gasteiger partial charge in [0.1, 0.15) is 9.84 Å². The molecule has 1 saturated heterocycles. The average molecular weight is 481 g/mol. The average Bonchev–Trinajstić information content (AvgIpc) is 2.35. The molecule has 1 fully saturated rings. The molecule has 10 heteroatoms. The molecule has 1 aliphatic rings. The molecule has 0 atom stereocenters. The molecule has 0 saturated carbocycles. The van der Waals surface area contributed by atoms with Crippen molar-refractivity contribution < 1.29 is 16.8 Å². The molecule has 1 aliphatic heterocycles. The second kappa shape index (κ2) is 8.84. The summed E-state index contributed by atoms with van der Waals surface area (Å²) in [4.78, 5) is 6.36. The third kappa shape index (κ3) is 7.12. The predicted octanol–water partition coefficient (Wildman–Crippen LogP) is 0.514. The summed E-state index contributed by atoms with van der Waals surface area (Å²) in [5, 5.41) is 3.15. The van der Waals surface area contributed by atoms with E-state index in [1.807, 2.05) is 11.8 Å². The van der Waals surface area contributed by atoms with Gasteiger partial charge in [0, 0.05) is 32.4 Å². The second-order valence-electron chi connectivity index (χ2n) is 6.22. The molecule has 7 nitrogen and oxygen atoms in total. The number of hydrogen-bond acceptors (Lipinski definition) is 5. The van der Waals surface area contributed by atoms with Crippen molar-refractivity contribution in [3.8, 4) is 0 Å². The quantitative estimate of drug-likeness (QED) is 0.266. The lowest BCUT2D eigenvalue weighted by molar-refractivity contribution is 0.353. The molecule has 0 spiro atoms. The van der Waals surface area contributed by atoms with E-state index in [4.69, 9.17) is 0 Å². The van der Waals surface area contributed by atoms with Crippen molar-refractivity contribution in [1.82, 2.24) is 10.2 Å². The SMILES string of the molecule is CCNC(=NCCCS(C)(=O)=O)N1CCS(=O)(=O)C(C)(C)C1.I. The fourth-order valence-corrected chi connectivity index (χ4v) is 4.28. The van der Waals surface area contributed by atoms with Crippen LogP contribution >= 0.6 is 24.0 Å². The first kappa shape index (κ1) is 22.9. The van der Waals surface area contributed by atoms with Gasteiger partial charge in [0.05, 0.1) is 16.3 Å². The summed E-state index contributed by atoms with van der Waals surface area (Å²) in [5.41, 5.74) is 0. The van der Waals surface area contributed by atoms with Gasteiger partial charge in [0.2, 0.25) is 0 Å². The minimum atomic E-state index is -3.09. The normalized spacial score (nSPS) is 20.7. The van der Waals surface area contributed by atoms with Gasteiger partial charge in [-0.1, -0.05) is 0 Å². The van der Waals surface area contributed by atoms with Crippen molar-refractivity contribution in [2.24, 2.45) is 4.99 Å². The van der Waals surface area contributed by atoms with E-state index in [2.05, 4.69) is 10.3 Å². The summed E-state index contributed by atoms with van der Waals surface area (Å²) in [6.07, 6.45) is 1.67. The summed E-state index contributed by atoms with van der Waals surface area (Å²) >= 11 is 0. The van der Waals surface area contributed by atoms with Gasteiger partial charge in [-0.3, -0.25) is 4.99 Å². The fraction of sp³-hybridized carbons (Fsp3) is 0.923. The van der Waals surface area contributed by atoms with Crippen molar-refractivity contribution >= 4 is 49.6 Å². The van der Waals surface area contributed by atoms with Gasteiger partial charge in [-0.25, -0.2) is 16.8 Å². The smallest absolute Gasteiger partial charge is 0.193 e. The highest BCUT2D eigenvalue weighted by Crippen LogP contribution is 2.23. The van der Waals surface area contributed by atoms with E-state index < -0.39 is 24.4 Å². The molecule has 138 valence electrons. The zero-order valence-electron chi connectivity index (χ0n) is 14.2. The summed E-state index contributed by atoms with van der Waals surface area (Å²) in [6, 6.07) is 0. The van der Waals surface area contributed by atoms with Crippen LogP contribution in [0.4, 0.5) is 0 Å². The second-order valence-corrected chi connectivity index (χ2v) is 11.2. The molecule has 0 radical (unpaired) electrons. The maximum absolute atomic E-state index is 12.0. The molecule has 1 rings (SSSR count). The van der Waals surface area contributed by atoms with Crippen molar-refractivity contribution in [3.05, 3.63) is 0 Å². The van der Waals surface area contributed by atoms with Crippen LogP contribution in [0.25, 0.3) is 0 Å². The minimum absolute atomic E-state index is 0. The number of guanidine groups is 1. The van der Waals surface area contributed by atoms with Crippen LogP contribution in [0.3, 0.4) is 0 Å². The molecular weight excluding hydrogens is 453 g/mol. The number of halogens is 1. The Morgan fingerprint density at radius 2 is 1.96 bits per heavy atom. The first-order valence-electron chi connectivity index (χ1n) is 7.42. The highest BCUT2D eigenvalue weighted by atomic mass is 127. The minimum Gasteiger partial charge on any atom is -0.357 e. The molecule has 0 aromatic heterocycles. The molecule has 0 bridgehead atoms. The summed E-state index contributed by atoms with van der Waals surface area (Å²) in [5.74, 6) is 0.864. The van der Waals surface area contributed by atoms with E-state index >= 15 is 0 Å². The van der Waals surface area contributed by atoms with Crippen LogP contribution in [-0.2, 0) is 19.7 Å². The summed E-state index contributed by atoms with van der Waals surface area (Å²) in [7, 11) is -6.07. The summed E-state index contributed by atoms with van der Waals surface area (Å²) < 4.78 is 45.5. The molecule has 0 unspecified atom stereocenters. The first-order valence-corrected chi connectivity index (χ1v) is 11.1. The van der Waals surface area contributed by atoms with E-state index in [0.29, 0.717) is 38.6 Å². The topological polar surface area (TPSA) is 95.9 Å². The van der Waals surface area contributed by atoms with E-state index in [1.165, 1.54) is 6.26 Å². The Kier molecular flexibility index (Phi) is 8.80. The lowest BCUT2D eigenvalue weighted by atomic mass is 10.2. The molecular formula is C13H28IN3O4S2. The van der Waals surface area contributed by atoms with Crippen LogP contribution in [0, 0.1) is 0 Å². The maximum atomic E-state index is 12.0. The van der Waals surface area contributed by atoms with Gasteiger partial charge >= 0.3 is 0 Å². The Hall–Kier alpha value is -0.100. The van der Waals surface area contributed by atoms with Crippen LogP contribution in [0.5, 0.6) is 0 Å². The highest BCUT2D eigenvalue weighted by Gasteiger charge is 2.40. The van der Waals surface area contributed by atoms with Crippen molar-refractivity contribution in [1.29, 1.82) is 0 Å². The third-order valence-electron chi connectivity index (χ3n) is 3.61. The largest absolute Gasteiger partial charge is 0.357 e. The maximum Gasteiger partial charge on any atom is 0.193 e. The first-order chi connectivity index (χ1) is 9.98. The van der Waals surface area contributed by atoms with E-state index in [1.54, 1.807) is 13.8 Å². The zero-order chi connectivity index (χ0) is 17.0. The molecule has 0 amide bonds. The van der Waals surface area contributed by atoms with Gasteiger partial charge < -0.3 is 10.2 Å². The van der Waals surface area contributed by atoms with Gasteiger partial charge in [0.25, 0.3) is 0 Å². The Morgan fingerprint density at radius 1 is 1.35 bits per heavy atom. The molecule has 23 heavy (non-hydrogen) atoms. The van der Waals surface area contributed by atoms with Crippen molar-refractivity contribution in [3.63, 3.8) is 0 Å². The van der Waals surface area contributed by atoms with Gasteiger partial charge in [-0.05, 0) is 27.2 Å². The molecule has 0 aromatic rings. The lowest BCUT2D eigenvalue weighted by Crippen LogP contribution is -2.57. The van der Waals surface area contributed by atoms with Crippen molar-refractivity contribution in [2.45, 2.75) is 31.9 Å². The molecule has 0 aromatic carbocycles. The Balaban J connectivity index is 0.00000484. The van der Waals surface area contributed by atoms with Crippen LogP contribution in [0.2, 0.25) is 0 Å². The van der Waals surface area contributed by atoms with E-state index in [9.17, 15) is 16.8 Å². The molecule has 1 N–H and O–H groups in total. The number of aliphatic imine (C=N–C) groups is 1. The standard InChI is InChI=1S/C13H27N3O4S2.HI/c1-5-14-12(15-7-6-9-21(4,17)18)16-8-10-22(19,20)13(2,3)11-16;/h5-11H2,1-4H3,(H,14,15);1H. The van der Waals surface area contributed by atoms with Crippen LogP contribution in [0.1, 0.15) is 27.2 Å². The zero-order valence-corrected chi connectivity index (χ0v) is 18.2. The Morgan fingerprint density at radius 3 is 2.43 bits per heavy atom. The Bertz CT molecular complexity index is 615. The molecule has 0 aliphatic carbocycles. The summed E-state index contributed by atoms with van der Waals surface area (Å²) in [6.45, 7) is 7.26. The number of nitrogens with one attached hydrogen (secondary N) is 1. The highest BCUT2D eigenvalue weighted by molar-refractivity contribution is 14.0. The van der Waals surface area contributed by atoms with Gasteiger partial charge in [-0.15, -0.1) is 24.0 Å². The van der Waals surface area contributed by atoms with Gasteiger partial charge in [0.15, 0.2) is 15.8 Å². The van der Waals surface area contributed by atoms with Crippen LogP contribution < -0.4 is 5.32 Å². The molecule has 1 heterocycles. The number of rotatable bonds is 5. The van der Waals surface area contributed by atoms with Crippen LogP contribution in [-0.4, -0.2) is 76.4 Å². The lowest BCUT2D eigenvalue weighted by Gasteiger charge is -2.39. The van der Waals surface area contributed by atoms with E-state index in [-0.39, 0.29) is 35.5 Å². The monoisotopic (exact) mass is 481 g/mol. The van der Waals surface area contributed by atoms with Crippen LogP contribution in [0.15, 0.2) is 4.99 Å². The predicted molar refractivity (Wildman–Crippen MR) is 105 cm³/mol. The Labute approximate surface area is 157 Å². The fourth-order valence-electron chi connectivity index (χ4n) is 2.26. The van der Waals surface area contributed by atoms with Gasteiger partial charge in [-0.2, -0.15) is 0 Å².